The molecular weight excluding hydrogens is 531 g/mol. The molecule has 1 N–H and O–H groups in total. The van der Waals surface area contributed by atoms with E-state index in [2.05, 4.69) is 25.2 Å². The maximum atomic E-state index is 15.4. The lowest BCUT2D eigenvalue weighted by atomic mass is 10.0. The first-order valence-electron chi connectivity index (χ1n) is 13.1. The van der Waals surface area contributed by atoms with Crippen molar-refractivity contribution < 1.29 is 22.6 Å². The lowest BCUT2D eigenvalue weighted by Crippen LogP contribution is -2.36. The fourth-order valence-corrected chi connectivity index (χ4v) is 5.03. The Bertz CT molecular complexity index is 1740. The van der Waals surface area contributed by atoms with Crippen LogP contribution in [0.5, 0.6) is 5.75 Å². The third-order valence-corrected chi connectivity index (χ3v) is 7.10. The molecule has 0 amide bonds. The second-order valence-electron chi connectivity index (χ2n) is 9.62. The maximum absolute atomic E-state index is 15.4. The molecule has 5 aromatic rings. The van der Waals surface area contributed by atoms with Crippen LogP contribution in [0.25, 0.3) is 33.4 Å². The van der Waals surface area contributed by atoms with E-state index in [-0.39, 0.29) is 16.7 Å². The van der Waals surface area contributed by atoms with Gasteiger partial charge >= 0.3 is 0 Å². The van der Waals surface area contributed by atoms with E-state index in [1.165, 1.54) is 19.2 Å². The van der Waals surface area contributed by atoms with Crippen LogP contribution in [0.4, 0.5) is 30.4 Å². The normalized spacial score (nSPS) is 13.4. The van der Waals surface area contributed by atoms with Crippen LogP contribution in [-0.2, 0) is 4.74 Å². The summed E-state index contributed by atoms with van der Waals surface area (Å²) < 4.78 is 55.1. The Hall–Kier alpha value is -4.70. The Balaban J connectivity index is 1.57. The third kappa shape index (κ3) is 5.14. The van der Waals surface area contributed by atoms with Gasteiger partial charge in [0.1, 0.15) is 17.5 Å². The van der Waals surface area contributed by atoms with Crippen molar-refractivity contribution in [1.29, 1.82) is 0 Å². The molecule has 6 rings (SSSR count). The summed E-state index contributed by atoms with van der Waals surface area (Å²) >= 11 is 0. The number of nitrogens with one attached hydrogen (secondary N) is 1. The summed E-state index contributed by atoms with van der Waals surface area (Å²) in [4.78, 5) is 15.8. The number of halogens is 3. The minimum atomic E-state index is -0.759. The molecule has 3 aromatic heterocycles. The number of aromatic nitrogens is 3. The van der Waals surface area contributed by atoms with E-state index in [1.54, 1.807) is 43.6 Å². The molecule has 10 heteroatoms. The van der Waals surface area contributed by atoms with Crippen LogP contribution in [0.3, 0.4) is 0 Å². The van der Waals surface area contributed by atoms with Gasteiger partial charge in [0.05, 0.1) is 54.0 Å². The van der Waals surface area contributed by atoms with Crippen LogP contribution in [-0.4, -0.2) is 48.4 Å². The molecule has 208 valence electrons. The molecule has 1 aliphatic heterocycles. The predicted octanol–water partition coefficient (Wildman–Crippen LogP) is 6.67. The summed E-state index contributed by atoms with van der Waals surface area (Å²) in [6, 6.07) is 13.9. The molecule has 7 nitrogen and oxygen atoms in total. The summed E-state index contributed by atoms with van der Waals surface area (Å²) in [6.07, 6.45) is 3.29. The highest BCUT2D eigenvalue weighted by molar-refractivity contribution is 5.99. The van der Waals surface area contributed by atoms with Crippen molar-refractivity contribution in [1.82, 2.24) is 15.0 Å². The molecule has 1 aliphatic rings. The summed E-state index contributed by atoms with van der Waals surface area (Å²) in [7, 11) is 1.40. The predicted molar refractivity (Wildman–Crippen MR) is 152 cm³/mol. The fourth-order valence-electron chi connectivity index (χ4n) is 5.03. The molecule has 2 aromatic carbocycles. The van der Waals surface area contributed by atoms with Crippen LogP contribution in [0.1, 0.15) is 5.56 Å². The van der Waals surface area contributed by atoms with Gasteiger partial charge in [0.2, 0.25) is 0 Å². The van der Waals surface area contributed by atoms with Crippen molar-refractivity contribution in [2.45, 2.75) is 6.92 Å². The molecule has 0 atom stereocenters. The zero-order valence-electron chi connectivity index (χ0n) is 22.4. The number of anilines is 3. The molecule has 0 saturated carbocycles. The summed E-state index contributed by atoms with van der Waals surface area (Å²) in [6.45, 7) is 4.23. The average molecular weight is 558 g/mol. The summed E-state index contributed by atoms with van der Waals surface area (Å²) in [5, 5.41) is 3.52. The average Bonchev–Trinajstić information content (AvgIpc) is 2.99. The number of benzene rings is 2. The van der Waals surface area contributed by atoms with Crippen LogP contribution < -0.4 is 15.0 Å². The van der Waals surface area contributed by atoms with Gasteiger partial charge in [0.15, 0.2) is 11.6 Å². The van der Waals surface area contributed by atoms with Crippen LogP contribution >= 0.6 is 0 Å². The standard InChI is InChI=1S/C31H26F3N5O2/c1-18-30(24-5-3-4-8-35-24)38-26-15-20(32)14-23(34)29(26)31(18)37-25-16-28(39-9-11-41-12-10-39)36-17-21(25)19-6-7-27(40-2)22(33)13-19/h3-8,13-17H,9-12H2,1-2H3,(H,36,37,38). The first-order valence-corrected chi connectivity index (χ1v) is 13.1. The van der Waals surface area contributed by atoms with E-state index >= 15 is 4.39 Å². The Morgan fingerprint density at radius 2 is 1.78 bits per heavy atom. The summed E-state index contributed by atoms with van der Waals surface area (Å²) in [5.41, 5.74) is 3.84. The molecular formula is C31H26F3N5O2. The number of fused-ring (bicyclic) bond motifs is 1. The molecule has 0 aliphatic carbocycles. The van der Waals surface area contributed by atoms with Gasteiger partial charge in [-0.25, -0.2) is 23.1 Å². The molecule has 4 heterocycles. The van der Waals surface area contributed by atoms with Gasteiger partial charge in [-0.3, -0.25) is 4.98 Å². The van der Waals surface area contributed by atoms with Crippen molar-refractivity contribution in [3.8, 4) is 28.3 Å². The lowest BCUT2D eigenvalue weighted by molar-refractivity contribution is 0.122. The van der Waals surface area contributed by atoms with E-state index in [9.17, 15) is 8.78 Å². The van der Waals surface area contributed by atoms with Crippen LogP contribution in [0, 0.1) is 24.4 Å². The fraction of sp³-hybridized carbons (Fsp3) is 0.194. The first-order chi connectivity index (χ1) is 19.9. The molecule has 41 heavy (non-hydrogen) atoms. The molecule has 0 radical (unpaired) electrons. The van der Waals surface area contributed by atoms with E-state index in [1.807, 2.05) is 12.1 Å². The SMILES string of the molecule is COc1ccc(-c2cnc(N3CCOCC3)cc2Nc2c(C)c(-c3ccccn3)nc3cc(F)cc(F)c23)cc1F. The number of hydrogen-bond donors (Lipinski definition) is 1. The lowest BCUT2D eigenvalue weighted by Gasteiger charge is -2.28. The Labute approximate surface area is 234 Å². The molecule has 1 fully saturated rings. The zero-order valence-corrected chi connectivity index (χ0v) is 22.4. The van der Waals surface area contributed by atoms with Crippen molar-refractivity contribution in [2.24, 2.45) is 0 Å². The van der Waals surface area contributed by atoms with Gasteiger partial charge in [-0.1, -0.05) is 12.1 Å². The Morgan fingerprint density at radius 1 is 0.951 bits per heavy atom. The van der Waals surface area contributed by atoms with Crippen molar-refractivity contribution in [2.75, 3.05) is 43.6 Å². The van der Waals surface area contributed by atoms with E-state index < -0.39 is 17.5 Å². The highest BCUT2D eigenvalue weighted by Crippen LogP contribution is 2.40. The number of nitrogens with zero attached hydrogens (tertiary/aromatic N) is 4. The van der Waals surface area contributed by atoms with Crippen molar-refractivity contribution >= 4 is 28.1 Å². The number of pyridine rings is 3. The van der Waals surface area contributed by atoms with Gasteiger partial charge in [-0.05, 0) is 36.8 Å². The van der Waals surface area contributed by atoms with Crippen molar-refractivity contribution in [3.05, 3.63) is 90.0 Å². The first kappa shape index (κ1) is 26.5. The zero-order chi connectivity index (χ0) is 28.5. The van der Waals surface area contributed by atoms with Gasteiger partial charge in [-0.2, -0.15) is 0 Å². The van der Waals surface area contributed by atoms with Gasteiger partial charge in [0, 0.05) is 54.8 Å². The Morgan fingerprint density at radius 3 is 2.51 bits per heavy atom. The van der Waals surface area contributed by atoms with Crippen LogP contribution in [0.2, 0.25) is 0 Å². The minimum Gasteiger partial charge on any atom is -0.494 e. The number of hydrogen-bond acceptors (Lipinski definition) is 7. The number of morpholine rings is 1. The van der Waals surface area contributed by atoms with Crippen LogP contribution in [0.15, 0.2) is 67.0 Å². The smallest absolute Gasteiger partial charge is 0.165 e. The Kier molecular flexibility index (Phi) is 7.15. The van der Waals surface area contributed by atoms with Gasteiger partial charge in [-0.15, -0.1) is 0 Å². The van der Waals surface area contributed by atoms with Crippen molar-refractivity contribution in [3.63, 3.8) is 0 Å². The monoisotopic (exact) mass is 557 g/mol. The highest BCUT2D eigenvalue weighted by atomic mass is 19.1. The third-order valence-electron chi connectivity index (χ3n) is 7.10. The number of methoxy groups -OCH3 is 1. The minimum absolute atomic E-state index is 0.112. The highest BCUT2D eigenvalue weighted by Gasteiger charge is 2.21. The van der Waals surface area contributed by atoms with Gasteiger partial charge < -0.3 is 19.7 Å². The topological polar surface area (TPSA) is 72.4 Å². The molecule has 0 unspecified atom stereocenters. The largest absolute Gasteiger partial charge is 0.494 e. The molecule has 0 spiro atoms. The second-order valence-corrected chi connectivity index (χ2v) is 9.62. The van der Waals surface area contributed by atoms with Gasteiger partial charge in [0.25, 0.3) is 0 Å². The van der Waals surface area contributed by atoms with E-state index in [4.69, 9.17) is 9.47 Å². The summed E-state index contributed by atoms with van der Waals surface area (Å²) in [5.74, 6) is -1.23. The second kappa shape index (κ2) is 11.1. The number of ether oxygens (including phenoxy) is 2. The van der Waals surface area contributed by atoms with E-state index in [0.717, 1.165) is 6.07 Å². The molecule has 1 saturated heterocycles. The number of rotatable bonds is 6. The molecule has 0 bridgehead atoms. The quantitative estimate of drug-likeness (QED) is 0.250. The van der Waals surface area contributed by atoms with E-state index in [0.29, 0.717) is 71.6 Å². The maximum Gasteiger partial charge on any atom is 0.165 e.